The summed E-state index contributed by atoms with van der Waals surface area (Å²) in [5.74, 6) is -3.74. The third-order valence-electron chi connectivity index (χ3n) is 3.38. The van der Waals surface area contributed by atoms with Gasteiger partial charge in [0.1, 0.15) is 11.6 Å². The van der Waals surface area contributed by atoms with Gasteiger partial charge in [-0.2, -0.15) is 18.2 Å². The Balaban J connectivity index is 1.79. The average molecular weight is 388 g/mol. The lowest BCUT2D eigenvalue weighted by Crippen LogP contribution is -2.04. The van der Waals surface area contributed by atoms with Crippen molar-refractivity contribution in [3.05, 3.63) is 65.6 Å². The van der Waals surface area contributed by atoms with E-state index in [0.717, 1.165) is 12.1 Å². The van der Waals surface area contributed by atoms with Crippen molar-refractivity contribution in [1.29, 1.82) is 0 Å². The van der Waals surface area contributed by atoms with Gasteiger partial charge in [-0.05, 0) is 36.4 Å². The van der Waals surface area contributed by atoms with Gasteiger partial charge in [-0.3, -0.25) is 4.21 Å². The van der Waals surface area contributed by atoms with Crippen molar-refractivity contribution in [2.45, 2.75) is 16.8 Å². The minimum Gasteiger partial charge on any atom is -0.329 e. The lowest BCUT2D eigenvalue weighted by molar-refractivity contribution is -0.159. The first kappa shape index (κ1) is 18.2. The zero-order valence-corrected chi connectivity index (χ0v) is 13.6. The third-order valence-corrected chi connectivity index (χ3v) is 4.73. The van der Waals surface area contributed by atoms with Gasteiger partial charge in [-0.1, -0.05) is 11.2 Å². The van der Waals surface area contributed by atoms with E-state index in [1.165, 1.54) is 30.3 Å². The van der Waals surface area contributed by atoms with Crippen molar-refractivity contribution in [3.8, 4) is 11.4 Å². The van der Waals surface area contributed by atoms with Crippen molar-refractivity contribution in [3.63, 3.8) is 0 Å². The molecular weight excluding hydrogens is 379 g/mol. The zero-order chi connectivity index (χ0) is 18.9. The van der Waals surface area contributed by atoms with E-state index in [4.69, 9.17) is 0 Å². The van der Waals surface area contributed by atoms with Crippen LogP contribution < -0.4 is 0 Å². The van der Waals surface area contributed by atoms with Crippen LogP contribution in [0.1, 0.15) is 11.5 Å². The van der Waals surface area contributed by atoms with Gasteiger partial charge >= 0.3 is 12.1 Å². The molecule has 3 rings (SSSR count). The summed E-state index contributed by atoms with van der Waals surface area (Å²) in [7, 11) is -1.75. The number of alkyl halides is 3. The topological polar surface area (TPSA) is 56.0 Å². The Morgan fingerprint density at radius 2 is 1.62 bits per heavy atom. The highest BCUT2D eigenvalue weighted by molar-refractivity contribution is 7.84. The van der Waals surface area contributed by atoms with E-state index < -0.39 is 34.5 Å². The molecular formula is C16H9F5N2O2S. The molecule has 0 radical (unpaired) electrons. The van der Waals surface area contributed by atoms with Crippen molar-refractivity contribution >= 4 is 10.8 Å². The second-order valence-corrected chi connectivity index (χ2v) is 6.59. The van der Waals surface area contributed by atoms with Gasteiger partial charge in [0, 0.05) is 16.0 Å². The lowest BCUT2D eigenvalue weighted by atomic mass is 10.2. The number of rotatable bonds is 4. The minimum atomic E-state index is -4.75. The van der Waals surface area contributed by atoms with Crippen molar-refractivity contribution in [1.82, 2.24) is 10.1 Å². The predicted octanol–water partition coefficient (Wildman–Crippen LogP) is 4.34. The molecule has 0 bridgehead atoms. The molecule has 3 aromatic rings. The van der Waals surface area contributed by atoms with E-state index in [1.54, 1.807) is 0 Å². The molecule has 0 aliphatic heterocycles. The number of nitrogens with zero attached hydrogens (tertiary/aromatic N) is 2. The van der Waals surface area contributed by atoms with E-state index in [2.05, 4.69) is 14.7 Å². The van der Waals surface area contributed by atoms with Crippen LogP contribution in [0.15, 0.2) is 51.9 Å². The second kappa shape index (κ2) is 6.94. The van der Waals surface area contributed by atoms with Crippen molar-refractivity contribution in [2.75, 3.05) is 0 Å². The SMILES string of the molecule is O=S(Cc1c(F)cccc1F)c1ccc(-c2noc(C(F)(F)F)n2)cc1. The molecule has 0 saturated carbocycles. The van der Waals surface area contributed by atoms with Crippen LogP contribution in [0.3, 0.4) is 0 Å². The summed E-state index contributed by atoms with van der Waals surface area (Å²) >= 11 is 0. The first-order valence-electron chi connectivity index (χ1n) is 7.08. The first-order valence-corrected chi connectivity index (χ1v) is 8.40. The summed E-state index contributed by atoms with van der Waals surface area (Å²) in [5.41, 5.74) is -0.0926. The Morgan fingerprint density at radius 1 is 1.00 bits per heavy atom. The smallest absolute Gasteiger partial charge is 0.329 e. The minimum absolute atomic E-state index is 0.210. The maximum absolute atomic E-state index is 13.6. The maximum Gasteiger partial charge on any atom is 0.471 e. The summed E-state index contributed by atoms with van der Waals surface area (Å²) in [6.07, 6.45) is -4.75. The Labute approximate surface area is 146 Å². The standard InChI is InChI=1S/C16H9F5N2O2S/c17-12-2-1-3-13(18)11(12)8-26(24)10-6-4-9(5-7-10)14-22-15(25-23-14)16(19,20)21/h1-7H,8H2. The highest BCUT2D eigenvalue weighted by Crippen LogP contribution is 2.29. The third kappa shape index (κ3) is 3.79. The highest BCUT2D eigenvalue weighted by Gasteiger charge is 2.38. The van der Waals surface area contributed by atoms with Crippen LogP contribution in [0.25, 0.3) is 11.4 Å². The van der Waals surface area contributed by atoms with E-state index in [1.807, 2.05) is 0 Å². The molecule has 0 saturated heterocycles. The van der Waals surface area contributed by atoms with E-state index in [0.29, 0.717) is 0 Å². The first-order chi connectivity index (χ1) is 12.3. The van der Waals surface area contributed by atoms with Crippen LogP contribution in [-0.4, -0.2) is 14.3 Å². The fraction of sp³-hybridized carbons (Fsp3) is 0.125. The summed E-state index contributed by atoms with van der Waals surface area (Å²) in [6.45, 7) is 0. The second-order valence-electron chi connectivity index (χ2n) is 5.14. The zero-order valence-electron chi connectivity index (χ0n) is 12.8. The van der Waals surface area contributed by atoms with E-state index in [-0.39, 0.29) is 27.6 Å². The van der Waals surface area contributed by atoms with Gasteiger partial charge in [0.25, 0.3) is 0 Å². The van der Waals surface area contributed by atoms with Crippen LogP contribution in [0.4, 0.5) is 22.0 Å². The highest BCUT2D eigenvalue weighted by atomic mass is 32.2. The molecule has 4 nitrogen and oxygen atoms in total. The molecule has 1 atom stereocenters. The van der Waals surface area contributed by atoms with E-state index in [9.17, 15) is 26.2 Å². The Hall–Kier alpha value is -2.62. The number of halogens is 5. The maximum atomic E-state index is 13.6. The Morgan fingerprint density at radius 3 is 2.15 bits per heavy atom. The fourth-order valence-corrected chi connectivity index (χ4v) is 3.24. The molecule has 0 aliphatic rings. The van der Waals surface area contributed by atoms with Crippen LogP contribution >= 0.6 is 0 Å². The molecule has 0 aliphatic carbocycles. The van der Waals surface area contributed by atoms with Gasteiger partial charge in [0.2, 0.25) is 5.82 Å². The molecule has 26 heavy (non-hydrogen) atoms. The van der Waals surface area contributed by atoms with Gasteiger partial charge in [0.05, 0.1) is 16.6 Å². The molecule has 0 spiro atoms. The number of aromatic nitrogens is 2. The van der Waals surface area contributed by atoms with E-state index >= 15 is 0 Å². The Kier molecular flexibility index (Phi) is 4.86. The summed E-state index contributed by atoms with van der Waals surface area (Å²) in [6, 6.07) is 8.72. The normalized spacial score (nSPS) is 13.0. The molecule has 136 valence electrons. The van der Waals surface area contributed by atoms with Crippen LogP contribution in [0.2, 0.25) is 0 Å². The average Bonchev–Trinajstić information content (AvgIpc) is 3.09. The number of hydrogen-bond acceptors (Lipinski definition) is 4. The quantitative estimate of drug-likeness (QED) is 0.624. The molecule has 0 amide bonds. The molecule has 10 heteroatoms. The number of benzene rings is 2. The molecule has 1 heterocycles. The van der Waals surface area contributed by atoms with Crippen LogP contribution in [0.5, 0.6) is 0 Å². The van der Waals surface area contributed by atoms with Crippen molar-refractivity contribution in [2.24, 2.45) is 0 Å². The van der Waals surface area contributed by atoms with Crippen LogP contribution in [-0.2, 0) is 22.7 Å². The van der Waals surface area contributed by atoms with Gasteiger partial charge < -0.3 is 4.52 Å². The molecule has 0 N–H and O–H groups in total. The summed E-state index contributed by atoms with van der Waals surface area (Å²) < 4.78 is 81.0. The largest absolute Gasteiger partial charge is 0.471 e. The molecule has 1 unspecified atom stereocenters. The van der Waals surface area contributed by atoms with Gasteiger partial charge in [-0.15, -0.1) is 0 Å². The monoisotopic (exact) mass is 388 g/mol. The predicted molar refractivity (Wildman–Crippen MR) is 81.2 cm³/mol. The van der Waals surface area contributed by atoms with Crippen LogP contribution in [0, 0.1) is 11.6 Å². The molecule has 1 aromatic heterocycles. The van der Waals surface area contributed by atoms with Crippen molar-refractivity contribution < 1.29 is 30.7 Å². The van der Waals surface area contributed by atoms with Gasteiger partial charge in [0.15, 0.2) is 0 Å². The lowest BCUT2D eigenvalue weighted by Gasteiger charge is -2.06. The Bertz CT molecular complexity index is 934. The fourth-order valence-electron chi connectivity index (χ4n) is 2.10. The molecule has 2 aromatic carbocycles. The molecule has 0 fully saturated rings. The summed E-state index contributed by atoms with van der Waals surface area (Å²) in [4.78, 5) is 3.49. The number of hydrogen-bond donors (Lipinski definition) is 0. The van der Waals surface area contributed by atoms with Gasteiger partial charge in [-0.25, -0.2) is 8.78 Å². The summed E-state index contributed by atoms with van der Waals surface area (Å²) in [5, 5.41) is 3.24.